The number of carbonyl (C=O) groups is 2. The van der Waals surface area contributed by atoms with E-state index in [9.17, 15) is 9.59 Å². The van der Waals surface area contributed by atoms with E-state index in [1.165, 1.54) is 0 Å². The monoisotopic (exact) mass is 258 g/mol. The molecule has 0 spiro atoms. The van der Waals surface area contributed by atoms with E-state index in [2.05, 4.69) is 0 Å². The van der Waals surface area contributed by atoms with Crippen molar-refractivity contribution < 1.29 is 19.1 Å². The summed E-state index contributed by atoms with van der Waals surface area (Å²) in [5, 5.41) is 0. The highest BCUT2D eigenvalue weighted by atomic mass is 16.6. The fourth-order valence-electron chi connectivity index (χ4n) is 0.873. The molecule has 0 unspecified atom stereocenters. The summed E-state index contributed by atoms with van der Waals surface area (Å²) < 4.78 is 10.6. The highest BCUT2D eigenvalue weighted by Crippen LogP contribution is 2.24. The van der Waals surface area contributed by atoms with Crippen LogP contribution in [-0.2, 0) is 19.1 Å². The molecule has 0 heterocycles. The Morgan fingerprint density at radius 1 is 0.833 bits per heavy atom. The van der Waals surface area contributed by atoms with E-state index in [-0.39, 0.29) is 0 Å². The molecule has 106 valence electrons. The van der Waals surface area contributed by atoms with Gasteiger partial charge in [-0.1, -0.05) is 6.92 Å². The van der Waals surface area contributed by atoms with Crippen molar-refractivity contribution in [3.05, 3.63) is 0 Å². The Balaban J connectivity index is 4.74. The Kier molecular flexibility index (Phi) is 4.98. The van der Waals surface area contributed by atoms with Crippen LogP contribution in [0.1, 0.15) is 61.8 Å². The molecule has 4 heteroatoms. The van der Waals surface area contributed by atoms with Gasteiger partial charge in [-0.15, -0.1) is 0 Å². The molecule has 0 rings (SSSR count). The summed E-state index contributed by atoms with van der Waals surface area (Å²) >= 11 is 0. The molecule has 0 saturated heterocycles. The third-order valence-corrected chi connectivity index (χ3v) is 2.67. The van der Waals surface area contributed by atoms with Crippen molar-refractivity contribution >= 4 is 11.9 Å². The smallest absolute Gasteiger partial charge is 0.350 e. The van der Waals surface area contributed by atoms with Crippen LogP contribution in [0.15, 0.2) is 0 Å². The fourth-order valence-corrected chi connectivity index (χ4v) is 0.873. The second-order valence-electron chi connectivity index (χ2n) is 6.65. The summed E-state index contributed by atoms with van der Waals surface area (Å²) in [6.07, 6.45) is 0.696. The van der Waals surface area contributed by atoms with E-state index >= 15 is 0 Å². The number of ether oxygens (including phenoxy) is 2. The van der Waals surface area contributed by atoms with E-state index in [4.69, 9.17) is 9.47 Å². The van der Waals surface area contributed by atoms with Crippen molar-refractivity contribution in [2.45, 2.75) is 73.0 Å². The summed E-state index contributed by atoms with van der Waals surface area (Å²) in [5.41, 5.74) is -2.46. The van der Waals surface area contributed by atoms with Gasteiger partial charge in [-0.3, -0.25) is 4.79 Å². The molecule has 0 aromatic rings. The lowest BCUT2D eigenvalue weighted by molar-refractivity contribution is -0.191. The molecule has 0 fully saturated rings. The molecule has 0 radical (unpaired) electrons. The van der Waals surface area contributed by atoms with Crippen LogP contribution in [0.4, 0.5) is 0 Å². The van der Waals surface area contributed by atoms with Gasteiger partial charge in [0.15, 0.2) is 0 Å². The van der Waals surface area contributed by atoms with Crippen molar-refractivity contribution in [2.24, 2.45) is 5.41 Å². The van der Waals surface area contributed by atoms with Crippen LogP contribution in [0.3, 0.4) is 0 Å². The quantitative estimate of drug-likeness (QED) is 0.727. The van der Waals surface area contributed by atoms with Gasteiger partial charge in [0, 0.05) is 0 Å². The molecule has 18 heavy (non-hydrogen) atoms. The highest BCUT2D eigenvalue weighted by Gasteiger charge is 2.39. The molecule has 0 aromatic heterocycles. The lowest BCUT2D eigenvalue weighted by Crippen LogP contribution is -2.44. The van der Waals surface area contributed by atoms with Crippen molar-refractivity contribution in [3.8, 4) is 0 Å². The fraction of sp³-hybridized carbons (Fsp3) is 0.857. The van der Waals surface area contributed by atoms with E-state index in [1.807, 2.05) is 20.8 Å². The minimum atomic E-state index is -1.27. The largest absolute Gasteiger partial charge is 0.457 e. The van der Waals surface area contributed by atoms with Crippen molar-refractivity contribution in [3.63, 3.8) is 0 Å². The molecule has 0 aliphatic carbocycles. The summed E-state index contributed by atoms with van der Waals surface area (Å²) in [6, 6.07) is 0. The third kappa shape index (κ3) is 5.07. The number of hydrogen-bond donors (Lipinski definition) is 0. The molecule has 0 saturated carbocycles. The molecular formula is C14H26O4. The summed E-state index contributed by atoms with van der Waals surface area (Å²) in [7, 11) is 0. The Bertz CT molecular complexity index is 321. The van der Waals surface area contributed by atoms with Crippen LogP contribution in [-0.4, -0.2) is 23.1 Å². The zero-order valence-electron chi connectivity index (χ0n) is 12.8. The molecule has 0 amide bonds. The van der Waals surface area contributed by atoms with Gasteiger partial charge in [-0.25, -0.2) is 4.79 Å². The Hall–Kier alpha value is -1.06. The number of hydrogen-bond acceptors (Lipinski definition) is 4. The minimum Gasteiger partial charge on any atom is -0.457 e. The van der Waals surface area contributed by atoms with Crippen molar-refractivity contribution in [1.82, 2.24) is 0 Å². The first-order chi connectivity index (χ1) is 7.82. The van der Waals surface area contributed by atoms with Gasteiger partial charge in [0.25, 0.3) is 0 Å². The molecule has 0 aliphatic rings. The number of carbonyl (C=O) groups excluding carboxylic acids is 2. The first kappa shape index (κ1) is 16.9. The van der Waals surface area contributed by atoms with Gasteiger partial charge in [-0.05, 0) is 54.9 Å². The molecule has 0 aromatic carbocycles. The minimum absolute atomic E-state index is 0.418. The predicted octanol–water partition coefficient (Wildman–Crippen LogP) is 3.09. The van der Waals surface area contributed by atoms with Gasteiger partial charge in [-0.2, -0.15) is 0 Å². The maximum absolute atomic E-state index is 12.0. The summed E-state index contributed by atoms with van der Waals surface area (Å²) in [6.45, 7) is 13.9. The Labute approximate surface area is 110 Å². The topological polar surface area (TPSA) is 52.6 Å². The Morgan fingerprint density at radius 2 is 1.28 bits per heavy atom. The molecule has 0 N–H and O–H groups in total. The lowest BCUT2D eigenvalue weighted by atomic mass is 9.96. The van der Waals surface area contributed by atoms with Crippen LogP contribution in [0, 0.1) is 5.41 Å². The zero-order chi connectivity index (χ0) is 14.8. The van der Waals surface area contributed by atoms with Crippen LogP contribution >= 0.6 is 0 Å². The summed E-state index contributed by atoms with van der Waals surface area (Å²) in [4.78, 5) is 23.8. The Morgan fingerprint density at radius 3 is 1.61 bits per heavy atom. The van der Waals surface area contributed by atoms with E-state index in [1.54, 1.807) is 34.6 Å². The van der Waals surface area contributed by atoms with Gasteiger partial charge >= 0.3 is 11.9 Å². The number of rotatable bonds is 4. The van der Waals surface area contributed by atoms with Crippen LogP contribution in [0.2, 0.25) is 0 Å². The standard InChI is InChI=1S/C14H26O4/c1-9-13(5,6)17-11(16)14(7,8)18-10(15)12(2,3)4/h9H2,1-8H3. The van der Waals surface area contributed by atoms with Gasteiger partial charge in [0.05, 0.1) is 5.41 Å². The average molecular weight is 258 g/mol. The second-order valence-corrected chi connectivity index (χ2v) is 6.65. The average Bonchev–Trinajstić information content (AvgIpc) is 2.14. The predicted molar refractivity (Wildman–Crippen MR) is 70.1 cm³/mol. The highest BCUT2D eigenvalue weighted by molar-refractivity contribution is 5.84. The van der Waals surface area contributed by atoms with Crippen LogP contribution in [0.5, 0.6) is 0 Å². The number of esters is 2. The van der Waals surface area contributed by atoms with E-state index < -0.39 is 28.6 Å². The molecule has 0 atom stereocenters. The van der Waals surface area contributed by atoms with Gasteiger partial charge < -0.3 is 9.47 Å². The van der Waals surface area contributed by atoms with Crippen molar-refractivity contribution in [1.29, 1.82) is 0 Å². The third-order valence-electron chi connectivity index (χ3n) is 2.67. The molecular weight excluding hydrogens is 232 g/mol. The normalized spacial score (nSPS) is 13.1. The lowest BCUT2D eigenvalue weighted by Gasteiger charge is -2.31. The SMILES string of the molecule is CCC(C)(C)OC(=O)C(C)(C)OC(=O)C(C)(C)C. The molecule has 0 bridgehead atoms. The molecule has 0 aliphatic heterocycles. The zero-order valence-corrected chi connectivity index (χ0v) is 12.8. The first-order valence-corrected chi connectivity index (χ1v) is 6.29. The van der Waals surface area contributed by atoms with Gasteiger partial charge in [0.1, 0.15) is 5.60 Å². The van der Waals surface area contributed by atoms with Crippen LogP contribution in [0.25, 0.3) is 0 Å². The molecule has 4 nitrogen and oxygen atoms in total. The second kappa shape index (κ2) is 5.29. The van der Waals surface area contributed by atoms with Crippen LogP contribution < -0.4 is 0 Å². The van der Waals surface area contributed by atoms with E-state index in [0.29, 0.717) is 6.42 Å². The maximum atomic E-state index is 12.0. The van der Waals surface area contributed by atoms with Gasteiger partial charge in [0.2, 0.25) is 5.60 Å². The summed E-state index contributed by atoms with van der Waals surface area (Å²) in [5.74, 6) is -0.939. The van der Waals surface area contributed by atoms with Crippen molar-refractivity contribution in [2.75, 3.05) is 0 Å². The maximum Gasteiger partial charge on any atom is 0.350 e. The first-order valence-electron chi connectivity index (χ1n) is 6.29. The van der Waals surface area contributed by atoms with E-state index in [0.717, 1.165) is 0 Å².